The second-order valence-corrected chi connectivity index (χ2v) is 8.08. The van der Waals surface area contributed by atoms with E-state index in [4.69, 9.17) is 4.74 Å². The molecule has 3 N–H and O–H groups in total. The van der Waals surface area contributed by atoms with Gasteiger partial charge in [-0.15, -0.1) is 0 Å². The van der Waals surface area contributed by atoms with E-state index < -0.39 is 17.8 Å². The molecule has 0 fully saturated rings. The Morgan fingerprint density at radius 1 is 1.00 bits per heavy atom. The first-order chi connectivity index (χ1) is 18.2. The first-order valence-corrected chi connectivity index (χ1v) is 11.3. The number of methoxy groups -OCH3 is 1. The average Bonchev–Trinajstić information content (AvgIpc) is 3.36. The van der Waals surface area contributed by atoms with Gasteiger partial charge in [0.1, 0.15) is 17.3 Å². The van der Waals surface area contributed by atoms with Crippen LogP contribution in [0.4, 0.5) is 29.3 Å². The molecule has 3 amide bonds. The molecular formula is C26H23F3N6O3. The quantitative estimate of drug-likeness (QED) is 0.314. The van der Waals surface area contributed by atoms with Gasteiger partial charge in [0.2, 0.25) is 0 Å². The zero-order chi connectivity index (χ0) is 27.3. The van der Waals surface area contributed by atoms with E-state index in [1.165, 1.54) is 20.4 Å². The van der Waals surface area contributed by atoms with Crippen molar-refractivity contribution in [3.63, 3.8) is 0 Å². The second kappa shape index (κ2) is 11.0. The van der Waals surface area contributed by atoms with Gasteiger partial charge in [-0.1, -0.05) is 12.1 Å². The summed E-state index contributed by atoms with van der Waals surface area (Å²) in [6.07, 6.45) is 0.372. The molecule has 0 aliphatic rings. The third kappa shape index (κ3) is 6.09. The van der Waals surface area contributed by atoms with Gasteiger partial charge in [0.15, 0.2) is 0 Å². The molecule has 12 heteroatoms. The number of benzene rings is 2. The summed E-state index contributed by atoms with van der Waals surface area (Å²) in [4.78, 5) is 33.0. The molecule has 0 saturated carbocycles. The number of carbonyl (C=O) groups is 2. The van der Waals surface area contributed by atoms with Crippen LogP contribution < -0.4 is 20.7 Å². The van der Waals surface area contributed by atoms with Gasteiger partial charge in [-0.3, -0.25) is 9.78 Å². The number of nitrogens with zero attached hydrogens (tertiary/aromatic N) is 3. The Labute approximate surface area is 215 Å². The standard InChI is InChI=1S/C26H23F3N6O3/c1-30-24(36)21-13-17(8-9-31-21)23-32-10-11-35(23)15-16-4-3-5-19(12-16)33-25(37)34-20-14-18(26(27,28)29)6-7-22(20)38-2/h3-14H,15H2,1-2H3,(H,30,36)(H2,33,34,37). The molecule has 0 bridgehead atoms. The van der Waals surface area contributed by atoms with Crippen LogP contribution >= 0.6 is 0 Å². The maximum Gasteiger partial charge on any atom is 0.416 e. The molecule has 4 rings (SSSR count). The first-order valence-electron chi connectivity index (χ1n) is 11.3. The Morgan fingerprint density at radius 2 is 1.82 bits per heavy atom. The highest BCUT2D eigenvalue weighted by molar-refractivity contribution is 6.00. The van der Waals surface area contributed by atoms with E-state index in [0.29, 0.717) is 23.6 Å². The number of amides is 3. The van der Waals surface area contributed by atoms with Crippen molar-refractivity contribution in [3.8, 4) is 17.1 Å². The molecule has 4 aromatic rings. The van der Waals surface area contributed by atoms with E-state index in [2.05, 4.69) is 25.9 Å². The fourth-order valence-electron chi connectivity index (χ4n) is 3.73. The van der Waals surface area contributed by atoms with Crippen molar-refractivity contribution < 1.29 is 27.5 Å². The van der Waals surface area contributed by atoms with E-state index in [1.54, 1.807) is 42.7 Å². The zero-order valence-electron chi connectivity index (χ0n) is 20.3. The van der Waals surface area contributed by atoms with Crippen molar-refractivity contribution >= 4 is 23.3 Å². The Hall–Kier alpha value is -4.87. The summed E-state index contributed by atoms with van der Waals surface area (Å²) in [5, 5.41) is 7.57. The van der Waals surface area contributed by atoms with Crippen LogP contribution in [0.2, 0.25) is 0 Å². The molecule has 196 valence electrons. The van der Waals surface area contributed by atoms with Crippen molar-refractivity contribution in [1.29, 1.82) is 0 Å². The molecule has 38 heavy (non-hydrogen) atoms. The second-order valence-electron chi connectivity index (χ2n) is 8.08. The predicted octanol–water partition coefficient (Wildman–Crippen LogP) is 5.02. The third-order valence-electron chi connectivity index (χ3n) is 5.51. The summed E-state index contributed by atoms with van der Waals surface area (Å²) < 4.78 is 46.2. The van der Waals surface area contributed by atoms with Gasteiger partial charge in [0.05, 0.1) is 18.4 Å². The van der Waals surface area contributed by atoms with Crippen molar-refractivity contribution in [2.24, 2.45) is 0 Å². The minimum absolute atomic E-state index is 0.0882. The number of anilines is 2. The highest BCUT2D eigenvalue weighted by atomic mass is 19.4. The van der Waals surface area contributed by atoms with Crippen LogP contribution in [0, 0.1) is 0 Å². The molecule has 0 spiro atoms. The molecule has 9 nitrogen and oxygen atoms in total. The summed E-state index contributed by atoms with van der Waals surface area (Å²) in [5.41, 5.74) is 1.18. The molecule has 2 aromatic carbocycles. The van der Waals surface area contributed by atoms with Gasteiger partial charge in [-0.2, -0.15) is 13.2 Å². The average molecular weight is 525 g/mol. The van der Waals surface area contributed by atoms with Crippen LogP contribution in [0.5, 0.6) is 5.75 Å². The number of imidazole rings is 1. The van der Waals surface area contributed by atoms with Gasteiger partial charge in [0, 0.05) is 43.4 Å². The topological polar surface area (TPSA) is 110 Å². The van der Waals surface area contributed by atoms with Crippen LogP contribution in [0.1, 0.15) is 21.6 Å². The Bertz CT molecular complexity index is 1470. The lowest BCUT2D eigenvalue weighted by atomic mass is 10.1. The number of hydrogen-bond donors (Lipinski definition) is 3. The Balaban J connectivity index is 1.49. The van der Waals surface area contributed by atoms with E-state index in [9.17, 15) is 22.8 Å². The molecule has 0 saturated heterocycles. The number of hydrogen-bond acceptors (Lipinski definition) is 5. The van der Waals surface area contributed by atoms with Gasteiger partial charge in [0.25, 0.3) is 5.91 Å². The Kier molecular flexibility index (Phi) is 7.61. The molecule has 0 unspecified atom stereocenters. The normalized spacial score (nSPS) is 11.1. The molecular weight excluding hydrogens is 501 g/mol. The van der Waals surface area contributed by atoms with E-state index in [-0.39, 0.29) is 23.0 Å². The maximum absolute atomic E-state index is 13.1. The highest BCUT2D eigenvalue weighted by Crippen LogP contribution is 2.35. The van der Waals surface area contributed by atoms with Crippen molar-refractivity contribution in [3.05, 3.63) is 90.0 Å². The van der Waals surface area contributed by atoms with Gasteiger partial charge >= 0.3 is 12.2 Å². The van der Waals surface area contributed by atoms with Gasteiger partial charge in [-0.25, -0.2) is 9.78 Å². The van der Waals surface area contributed by atoms with Gasteiger partial charge < -0.3 is 25.3 Å². The SMILES string of the molecule is CNC(=O)c1cc(-c2nccn2Cc2cccc(NC(=O)Nc3cc(C(F)(F)F)ccc3OC)c2)ccn1. The number of nitrogens with one attached hydrogen (secondary N) is 3. The van der Waals surface area contributed by atoms with Gasteiger partial charge in [-0.05, 0) is 48.0 Å². The smallest absolute Gasteiger partial charge is 0.416 e. The molecule has 0 atom stereocenters. The first kappa shape index (κ1) is 26.2. The molecule has 2 heterocycles. The number of urea groups is 1. The lowest BCUT2D eigenvalue weighted by Crippen LogP contribution is -2.20. The summed E-state index contributed by atoms with van der Waals surface area (Å²) >= 11 is 0. The molecule has 0 aliphatic heterocycles. The molecule has 2 aromatic heterocycles. The number of aromatic nitrogens is 3. The summed E-state index contributed by atoms with van der Waals surface area (Å²) in [7, 11) is 2.82. The van der Waals surface area contributed by atoms with Crippen molar-refractivity contribution in [2.75, 3.05) is 24.8 Å². The Morgan fingerprint density at radius 3 is 2.55 bits per heavy atom. The minimum atomic E-state index is -4.57. The largest absolute Gasteiger partial charge is 0.495 e. The number of rotatable bonds is 7. The number of halogens is 3. The number of alkyl halides is 3. The lowest BCUT2D eigenvalue weighted by Gasteiger charge is -2.15. The van der Waals surface area contributed by atoms with Crippen LogP contribution in [0.25, 0.3) is 11.4 Å². The van der Waals surface area contributed by atoms with Crippen LogP contribution in [-0.2, 0) is 12.7 Å². The third-order valence-corrected chi connectivity index (χ3v) is 5.51. The van der Waals surface area contributed by atoms with Crippen LogP contribution in [0.15, 0.2) is 73.2 Å². The maximum atomic E-state index is 13.1. The minimum Gasteiger partial charge on any atom is -0.495 e. The summed E-state index contributed by atoms with van der Waals surface area (Å²) in [5.74, 6) is 0.389. The van der Waals surface area contributed by atoms with Crippen molar-refractivity contribution in [2.45, 2.75) is 12.7 Å². The van der Waals surface area contributed by atoms with Crippen LogP contribution in [0.3, 0.4) is 0 Å². The molecule has 0 radical (unpaired) electrons. The number of pyridine rings is 1. The van der Waals surface area contributed by atoms with E-state index >= 15 is 0 Å². The van der Waals surface area contributed by atoms with E-state index in [0.717, 1.165) is 23.8 Å². The highest BCUT2D eigenvalue weighted by Gasteiger charge is 2.31. The summed E-state index contributed by atoms with van der Waals surface area (Å²) in [6, 6.07) is 12.5. The van der Waals surface area contributed by atoms with E-state index in [1.807, 2.05) is 10.6 Å². The molecule has 0 aliphatic carbocycles. The zero-order valence-corrected chi connectivity index (χ0v) is 20.3. The fraction of sp³-hybridized carbons (Fsp3) is 0.154. The number of carbonyl (C=O) groups excluding carboxylic acids is 2. The van der Waals surface area contributed by atoms with Crippen molar-refractivity contribution in [1.82, 2.24) is 19.9 Å². The monoisotopic (exact) mass is 524 g/mol. The lowest BCUT2D eigenvalue weighted by molar-refractivity contribution is -0.137. The fourth-order valence-corrected chi connectivity index (χ4v) is 3.73. The number of ether oxygens (including phenoxy) is 1. The summed E-state index contributed by atoms with van der Waals surface area (Å²) in [6.45, 7) is 0.394. The predicted molar refractivity (Wildman–Crippen MR) is 135 cm³/mol. The van der Waals surface area contributed by atoms with Crippen LogP contribution in [-0.4, -0.2) is 40.6 Å².